The fourth-order valence-electron chi connectivity index (χ4n) is 1.80. The van der Waals surface area contributed by atoms with Crippen molar-refractivity contribution in [3.05, 3.63) is 34.9 Å². The van der Waals surface area contributed by atoms with Gasteiger partial charge in [0.15, 0.2) is 0 Å². The Balaban J connectivity index is 2.44. The van der Waals surface area contributed by atoms with Gasteiger partial charge in [-0.15, -0.1) is 0 Å². The van der Waals surface area contributed by atoms with E-state index in [0.717, 1.165) is 18.6 Å². The SMILES string of the molecule is CO/N=C1/CCc2cc(C)ccc21. The van der Waals surface area contributed by atoms with Crippen LogP contribution in [0.3, 0.4) is 0 Å². The van der Waals surface area contributed by atoms with Crippen molar-refractivity contribution in [1.82, 2.24) is 0 Å². The molecule has 0 spiro atoms. The first-order chi connectivity index (χ1) is 6.31. The summed E-state index contributed by atoms with van der Waals surface area (Å²) in [6, 6.07) is 6.48. The molecule has 0 N–H and O–H groups in total. The predicted molar refractivity (Wildman–Crippen MR) is 53.0 cm³/mol. The van der Waals surface area contributed by atoms with Gasteiger partial charge >= 0.3 is 0 Å². The standard InChI is InChI=1S/C11H13NO/c1-8-3-5-10-9(7-8)4-6-11(10)12-13-2/h3,5,7H,4,6H2,1-2H3/b12-11-. The van der Waals surface area contributed by atoms with Gasteiger partial charge in [0.2, 0.25) is 0 Å². The van der Waals surface area contributed by atoms with E-state index in [4.69, 9.17) is 4.84 Å². The summed E-state index contributed by atoms with van der Waals surface area (Å²) < 4.78 is 0. The van der Waals surface area contributed by atoms with Crippen LogP contribution in [0.15, 0.2) is 23.4 Å². The lowest BCUT2D eigenvalue weighted by molar-refractivity contribution is 0.213. The molecule has 1 aliphatic carbocycles. The second-order valence-electron chi connectivity index (χ2n) is 3.38. The van der Waals surface area contributed by atoms with Gasteiger partial charge in [0, 0.05) is 5.56 Å². The highest BCUT2D eigenvalue weighted by molar-refractivity contribution is 6.04. The summed E-state index contributed by atoms with van der Waals surface area (Å²) >= 11 is 0. The van der Waals surface area contributed by atoms with Gasteiger partial charge in [0.25, 0.3) is 0 Å². The van der Waals surface area contributed by atoms with Crippen molar-refractivity contribution in [1.29, 1.82) is 0 Å². The number of nitrogens with zero attached hydrogens (tertiary/aromatic N) is 1. The first-order valence-corrected chi connectivity index (χ1v) is 4.51. The average Bonchev–Trinajstić information content (AvgIpc) is 2.49. The molecule has 0 aromatic heterocycles. The summed E-state index contributed by atoms with van der Waals surface area (Å²) in [4.78, 5) is 4.80. The molecule has 0 heterocycles. The molecule has 2 nitrogen and oxygen atoms in total. The van der Waals surface area contributed by atoms with Gasteiger partial charge in [-0.1, -0.05) is 28.9 Å². The van der Waals surface area contributed by atoms with Crippen LogP contribution in [0.1, 0.15) is 23.1 Å². The van der Waals surface area contributed by atoms with E-state index >= 15 is 0 Å². The number of hydrogen-bond donors (Lipinski definition) is 0. The summed E-state index contributed by atoms with van der Waals surface area (Å²) in [7, 11) is 1.60. The van der Waals surface area contributed by atoms with E-state index in [-0.39, 0.29) is 0 Å². The fraction of sp³-hybridized carbons (Fsp3) is 0.364. The lowest BCUT2D eigenvalue weighted by Gasteiger charge is -2.00. The van der Waals surface area contributed by atoms with Crippen LogP contribution in [0, 0.1) is 6.92 Å². The number of fused-ring (bicyclic) bond motifs is 1. The summed E-state index contributed by atoms with van der Waals surface area (Å²) in [5.74, 6) is 0. The van der Waals surface area contributed by atoms with Crippen molar-refractivity contribution in [2.45, 2.75) is 19.8 Å². The zero-order chi connectivity index (χ0) is 9.26. The van der Waals surface area contributed by atoms with Crippen molar-refractivity contribution >= 4 is 5.71 Å². The van der Waals surface area contributed by atoms with Crippen molar-refractivity contribution < 1.29 is 4.84 Å². The molecule has 1 aromatic rings. The molecular formula is C11H13NO. The summed E-state index contributed by atoms with van der Waals surface area (Å²) in [5, 5.41) is 4.01. The molecule has 0 amide bonds. The first kappa shape index (κ1) is 8.30. The molecular weight excluding hydrogens is 162 g/mol. The zero-order valence-corrected chi connectivity index (χ0v) is 8.00. The van der Waals surface area contributed by atoms with E-state index in [2.05, 4.69) is 30.3 Å². The lowest BCUT2D eigenvalue weighted by atomic mass is 10.1. The Morgan fingerprint density at radius 1 is 1.31 bits per heavy atom. The van der Waals surface area contributed by atoms with Crippen LogP contribution in [0.4, 0.5) is 0 Å². The number of hydrogen-bond acceptors (Lipinski definition) is 2. The topological polar surface area (TPSA) is 21.6 Å². The number of rotatable bonds is 1. The highest BCUT2D eigenvalue weighted by Gasteiger charge is 2.17. The van der Waals surface area contributed by atoms with Crippen LogP contribution >= 0.6 is 0 Å². The third-order valence-electron chi connectivity index (χ3n) is 2.40. The molecule has 0 bridgehead atoms. The van der Waals surface area contributed by atoms with Crippen molar-refractivity contribution in [2.75, 3.05) is 7.11 Å². The molecule has 0 radical (unpaired) electrons. The van der Waals surface area contributed by atoms with Crippen LogP contribution in [-0.4, -0.2) is 12.8 Å². The molecule has 0 unspecified atom stereocenters. The highest BCUT2D eigenvalue weighted by Crippen LogP contribution is 2.23. The molecule has 1 aromatic carbocycles. The Hall–Kier alpha value is -1.31. The maximum absolute atomic E-state index is 4.80. The third-order valence-corrected chi connectivity index (χ3v) is 2.40. The molecule has 0 fully saturated rings. The van der Waals surface area contributed by atoms with E-state index in [1.54, 1.807) is 7.11 Å². The van der Waals surface area contributed by atoms with Crippen LogP contribution in [0.5, 0.6) is 0 Å². The smallest absolute Gasteiger partial charge is 0.106 e. The Bertz CT molecular complexity index is 355. The number of benzene rings is 1. The lowest BCUT2D eigenvalue weighted by Crippen LogP contribution is -1.94. The second-order valence-corrected chi connectivity index (χ2v) is 3.38. The monoisotopic (exact) mass is 175 g/mol. The average molecular weight is 175 g/mol. The van der Waals surface area contributed by atoms with E-state index in [1.807, 2.05) is 0 Å². The minimum Gasteiger partial charge on any atom is -0.399 e. The maximum Gasteiger partial charge on any atom is 0.106 e. The van der Waals surface area contributed by atoms with Crippen molar-refractivity contribution in [3.8, 4) is 0 Å². The molecule has 2 rings (SSSR count). The Kier molecular flexibility index (Phi) is 2.05. The van der Waals surface area contributed by atoms with Crippen LogP contribution in [0.2, 0.25) is 0 Å². The molecule has 0 saturated heterocycles. The molecule has 68 valence electrons. The van der Waals surface area contributed by atoms with Gasteiger partial charge in [-0.2, -0.15) is 0 Å². The third kappa shape index (κ3) is 1.44. The normalized spacial score (nSPS) is 17.5. The van der Waals surface area contributed by atoms with E-state index in [1.165, 1.54) is 16.7 Å². The Morgan fingerprint density at radius 3 is 2.92 bits per heavy atom. The summed E-state index contributed by atoms with van der Waals surface area (Å²) in [6.07, 6.45) is 2.10. The molecule has 0 aliphatic heterocycles. The van der Waals surface area contributed by atoms with Gasteiger partial charge < -0.3 is 4.84 Å². The number of aryl methyl sites for hydroxylation is 2. The van der Waals surface area contributed by atoms with Gasteiger partial charge in [-0.05, 0) is 25.3 Å². The van der Waals surface area contributed by atoms with E-state index in [0.29, 0.717) is 0 Å². The molecule has 2 heteroatoms. The Labute approximate surface area is 78.2 Å². The first-order valence-electron chi connectivity index (χ1n) is 4.51. The molecule has 0 saturated carbocycles. The summed E-state index contributed by atoms with van der Waals surface area (Å²) in [6.45, 7) is 2.12. The van der Waals surface area contributed by atoms with Crippen LogP contribution < -0.4 is 0 Å². The van der Waals surface area contributed by atoms with Crippen molar-refractivity contribution in [3.63, 3.8) is 0 Å². The van der Waals surface area contributed by atoms with Crippen LogP contribution in [-0.2, 0) is 11.3 Å². The quantitative estimate of drug-likeness (QED) is 0.600. The zero-order valence-electron chi connectivity index (χ0n) is 8.00. The van der Waals surface area contributed by atoms with Gasteiger partial charge in [0.05, 0.1) is 5.71 Å². The van der Waals surface area contributed by atoms with Gasteiger partial charge in [-0.25, -0.2) is 0 Å². The van der Waals surface area contributed by atoms with Gasteiger partial charge in [-0.3, -0.25) is 0 Å². The van der Waals surface area contributed by atoms with Crippen molar-refractivity contribution in [2.24, 2.45) is 5.16 Å². The largest absolute Gasteiger partial charge is 0.399 e. The predicted octanol–water partition coefficient (Wildman–Crippen LogP) is 2.29. The molecule has 13 heavy (non-hydrogen) atoms. The number of oxime groups is 1. The molecule has 0 atom stereocenters. The fourth-order valence-corrected chi connectivity index (χ4v) is 1.80. The van der Waals surface area contributed by atoms with E-state index in [9.17, 15) is 0 Å². The van der Waals surface area contributed by atoms with E-state index < -0.39 is 0 Å². The minimum atomic E-state index is 1.01. The Morgan fingerprint density at radius 2 is 2.15 bits per heavy atom. The van der Waals surface area contributed by atoms with Crippen LogP contribution in [0.25, 0.3) is 0 Å². The minimum absolute atomic E-state index is 1.01. The second kappa shape index (κ2) is 3.21. The highest BCUT2D eigenvalue weighted by atomic mass is 16.6. The molecule has 1 aliphatic rings. The van der Waals surface area contributed by atoms with Gasteiger partial charge in [0.1, 0.15) is 7.11 Å². The maximum atomic E-state index is 4.80. The summed E-state index contributed by atoms with van der Waals surface area (Å²) in [5.41, 5.74) is 5.05.